The number of hydrogen-bond donors (Lipinski definition) is 1. The number of phenols is 1. The van der Waals surface area contributed by atoms with E-state index in [1.807, 2.05) is 0 Å². The molecule has 0 atom stereocenters. The van der Waals surface area contributed by atoms with Gasteiger partial charge in [-0.2, -0.15) is 0 Å². The molecule has 0 heterocycles. The fourth-order valence-electron chi connectivity index (χ4n) is 2.99. The Morgan fingerprint density at radius 3 is 2.06 bits per heavy atom. The number of ketones is 1. The van der Waals surface area contributed by atoms with Crippen molar-refractivity contribution in [3.8, 4) is 17.2 Å². The molecule has 0 aromatic heterocycles. The first kappa shape index (κ1) is 23.2. The van der Waals surface area contributed by atoms with E-state index in [1.165, 1.54) is 56.3 Å². The summed E-state index contributed by atoms with van der Waals surface area (Å²) in [6.07, 6.45) is 0. The number of carbonyl (C=O) groups is 4. The minimum absolute atomic E-state index is 0.0146. The van der Waals surface area contributed by atoms with E-state index in [9.17, 15) is 24.3 Å². The van der Waals surface area contributed by atoms with Gasteiger partial charge in [0.25, 0.3) is 0 Å². The molecule has 0 unspecified atom stereocenters. The molecule has 1 N–H and O–H groups in total. The first-order chi connectivity index (χ1) is 15.8. The van der Waals surface area contributed by atoms with Crippen LogP contribution in [0, 0.1) is 0 Å². The van der Waals surface area contributed by atoms with Crippen LogP contribution in [0.2, 0.25) is 0 Å². The van der Waals surface area contributed by atoms with Crippen molar-refractivity contribution in [3.63, 3.8) is 0 Å². The predicted molar refractivity (Wildman–Crippen MR) is 116 cm³/mol. The third kappa shape index (κ3) is 5.62. The van der Waals surface area contributed by atoms with E-state index in [4.69, 9.17) is 14.2 Å². The van der Waals surface area contributed by atoms with Gasteiger partial charge in [0.05, 0.1) is 5.56 Å². The maximum absolute atomic E-state index is 12.8. The Morgan fingerprint density at radius 1 is 0.758 bits per heavy atom. The molecule has 0 saturated heterocycles. The number of hydrogen-bond acceptors (Lipinski definition) is 8. The number of carbonyl (C=O) groups excluding carboxylic acids is 4. The quantitative estimate of drug-likeness (QED) is 0.249. The van der Waals surface area contributed by atoms with E-state index in [0.717, 1.165) is 0 Å². The van der Waals surface area contributed by atoms with Gasteiger partial charge in [-0.15, -0.1) is 0 Å². The first-order valence-electron chi connectivity index (χ1n) is 9.85. The summed E-state index contributed by atoms with van der Waals surface area (Å²) in [4.78, 5) is 48.9. The molecule has 3 aromatic rings. The van der Waals surface area contributed by atoms with Crippen LogP contribution in [-0.2, 0) is 16.1 Å². The van der Waals surface area contributed by atoms with Crippen molar-refractivity contribution in [1.29, 1.82) is 0 Å². The van der Waals surface area contributed by atoms with Crippen molar-refractivity contribution in [2.75, 3.05) is 0 Å². The van der Waals surface area contributed by atoms with Crippen molar-refractivity contribution in [2.45, 2.75) is 20.5 Å². The molecule has 0 fully saturated rings. The molecule has 3 rings (SSSR count). The standard InChI is InChI=1S/C25H20O8/c1-15(26)18-10-7-11-20(23(18)31-14-17-8-3-5-12-21(17)28)25(30)33-24(29)19-9-4-6-13-22(19)32-16(2)27/h3-13,28H,14H2,1-2H3. The molecule has 8 heteroatoms. The highest BCUT2D eigenvalue weighted by Crippen LogP contribution is 2.29. The zero-order valence-corrected chi connectivity index (χ0v) is 17.9. The number of rotatable bonds is 7. The number of Topliss-reactive ketones (excluding diaryl/α,β-unsaturated/α-hetero) is 1. The Morgan fingerprint density at radius 2 is 1.36 bits per heavy atom. The molecular formula is C25H20O8. The molecule has 3 aromatic carbocycles. The van der Waals surface area contributed by atoms with Crippen molar-refractivity contribution in [2.24, 2.45) is 0 Å². The minimum Gasteiger partial charge on any atom is -0.508 e. The predicted octanol–water partition coefficient (Wildman–Crippen LogP) is 4.10. The summed E-state index contributed by atoms with van der Waals surface area (Å²) in [6.45, 7) is 2.34. The second-order valence-electron chi connectivity index (χ2n) is 6.92. The average molecular weight is 448 g/mol. The lowest BCUT2D eigenvalue weighted by Gasteiger charge is -2.15. The Labute approximate surface area is 189 Å². The molecule has 0 aliphatic carbocycles. The van der Waals surface area contributed by atoms with E-state index in [2.05, 4.69) is 0 Å². The second kappa shape index (κ2) is 10.2. The van der Waals surface area contributed by atoms with Gasteiger partial charge in [-0.3, -0.25) is 9.59 Å². The van der Waals surface area contributed by atoms with Crippen molar-refractivity contribution in [1.82, 2.24) is 0 Å². The minimum atomic E-state index is -1.06. The number of ether oxygens (including phenoxy) is 3. The maximum atomic E-state index is 12.8. The number of para-hydroxylation sites is 3. The smallest absolute Gasteiger partial charge is 0.349 e. The van der Waals surface area contributed by atoms with E-state index in [1.54, 1.807) is 24.3 Å². The highest BCUT2D eigenvalue weighted by molar-refractivity contribution is 6.07. The summed E-state index contributed by atoms with van der Waals surface area (Å²) in [6, 6.07) is 16.5. The Bertz CT molecular complexity index is 1230. The summed E-state index contributed by atoms with van der Waals surface area (Å²) < 4.78 is 15.7. The van der Waals surface area contributed by atoms with Gasteiger partial charge in [0, 0.05) is 12.5 Å². The van der Waals surface area contributed by atoms with Gasteiger partial charge < -0.3 is 19.3 Å². The van der Waals surface area contributed by atoms with Crippen molar-refractivity contribution >= 4 is 23.7 Å². The van der Waals surface area contributed by atoms with Crippen LogP contribution < -0.4 is 9.47 Å². The van der Waals surface area contributed by atoms with Crippen LogP contribution in [0.4, 0.5) is 0 Å². The third-order valence-electron chi connectivity index (χ3n) is 4.52. The van der Waals surface area contributed by atoms with E-state index >= 15 is 0 Å². The largest absolute Gasteiger partial charge is 0.508 e. The molecule has 0 saturated carbocycles. The van der Waals surface area contributed by atoms with Gasteiger partial charge in [-0.1, -0.05) is 36.4 Å². The highest BCUT2D eigenvalue weighted by atomic mass is 16.6. The summed E-state index contributed by atoms with van der Waals surface area (Å²) in [5, 5.41) is 9.96. The third-order valence-corrected chi connectivity index (χ3v) is 4.52. The molecule has 0 aliphatic heterocycles. The summed E-state index contributed by atoms with van der Waals surface area (Å²) >= 11 is 0. The van der Waals surface area contributed by atoms with Crippen LogP contribution in [0.25, 0.3) is 0 Å². The Balaban J connectivity index is 1.89. The van der Waals surface area contributed by atoms with Gasteiger partial charge >= 0.3 is 17.9 Å². The maximum Gasteiger partial charge on any atom is 0.349 e. The fraction of sp³-hybridized carbons (Fsp3) is 0.120. The van der Waals surface area contributed by atoms with E-state index in [-0.39, 0.29) is 46.3 Å². The highest BCUT2D eigenvalue weighted by Gasteiger charge is 2.24. The number of esters is 3. The number of phenolic OH excluding ortho intramolecular Hbond substituents is 1. The SMILES string of the molecule is CC(=O)Oc1ccccc1C(=O)OC(=O)c1cccc(C(C)=O)c1OCc1ccccc1O. The number of aromatic hydroxyl groups is 1. The molecule has 0 spiro atoms. The molecule has 8 nitrogen and oxygen atoms in total. The zero-order chi connectivity index (χ0) is 24.0. The average Bonchev–Trinajstić information content (AvgIpc) is 2.78. The summed E-state index contributed by atoms with van der Waals surface area (Å²) in [7, 11) is 0. The lowest BCUT2D eigenvalue weighted by Crippen LogP contribution is -2.17. The molecule has 33 heavy (non-hydrogen) atoms. The van der Waals surface area contributed by atoms with E-state index in [0.29, 0.717) is 5.56 Å². The van der Waals surface area contributed by atoms with Gasteiger partial charge in [-0.05, 0) is 37.3 Å². The monoisotopic (exact) mass is 448 g/mol. The van der Waals surface area contributed by atoms with Crippen molar-refractivity contribution in [3.05, 3.63) is 89.0 Å². The second-order valence-corrected chi connectivity index (χ2v) is 6.92. The zero-order valence-electron chi connectivity index (χ0n) is 17.9. The summed E-state index contributed by atoms with van der Waals surface area (Å²) in [5.41, 5.74) is 0.256. The number of benzene rings is 3. The van der Waals surface area contributed by atoms with Gasteiger partial charge in [0.15, 0.2) is 5.78 Å². The lowest BCUT2D eigenvalue weighted by atomic mass is 10.1. The van der Waals surface area contributed by atoms with Crippen LogP contribution in [0.3, 0.4) is 0 Å². The fourth-order valence-corrected chi connectivity index (χ4v) is 2.99. The van der Waals surface area contributed by atoms with Crippen LogP contribution >= 0.6 is 0 Å². The van der Waals surface area contributed by atoms with Crippen LogP contribution in [-0.4, -0.2) is 28.8 Å². The van der Waals surface area contributed by atoms with Gasteiger partial charge in [0.2, 0.25) is 0 Å². The molecule has 0 amide bonds. The molecule has 0 bridgehead atoms. The van der Waals surface area contributed by atoms with Gasteiger partial charge in [0.1, 0.15) is 35.0 Å². The normalized spacial score (nSPS) is 10.2. The first-order valence-corrected chi connectivity index (χ1v) is 9.85. The van der Waals surface area contributed by atoms with Gasteiger partial charge in [-0.25, -0.2) is 9.59 Å². The van der Waals surface area contributed by atoms with E-state index < -0.39 is 17.9 Å². The Hall–Kier alpha value is -4.46. The molecular weight excluding hydrogens is 428 g/mol. The summed E-state index contributed by atoms with van der Waals surface area (Å²) in [5.74, 6) is -3.28. The molecule has 0 radical (unpaired) electrons. The van der Waals surface area contributed by atoms with Crippen molar-refractivity contribution < 1.29 is 38.5 Å². The molecule has 168 valence electrons. The molecule has 0 aliphatic rings. The van der Waals surface area contributed by atoms with Crippen LogP contribution in [0.15, 0.2) is 66.7 Å². The lowest BCUT2D eigenvalue weighted by molar-refractivity contribution is -0.131. The van der Waals surface area contributed by atoms with Crippen LogP contribution in [0.5, 0.6) is 17.2 Å². The topological polar surface area (TPSA) is 116 Å². The Kier molecular flexibility index (Phi) is 7.20. The van der Waals surface area contributed by atoms with Crippen LogP contribution in [0.1, 0.15) is 50.5 Å².